The Morgan fingerprint density at radius 3 is 2.78 bits per heavy atom. The number of nitrogens with one attached hydrogen (secondary N) is 1. The lowest BCUT2D eigenvalue weighted by atomic mass is 10.2. The van der Waals surface area contributed by atoms with Crippen LogP contribution in [0.2, 0.25) is 0 Å². The predicted molar refractivity (Wildman–Crippen MR) is 75.1 cm³/mol. The van der Waals surface area contributed by atoms with Gasteiger partial charge in [-0.15, -0.1) is 0 Å². The van der Waals surface area contributed by atoms with Crippen molar-refractivity contribution in [2.45, 2.75) is 32.4 Å². The molecule has 0 aliphatic carbocycles. The minimum Gasteiger partial charge on any atom is -0.383 e. The molecule has 1 aromatic rings. The first-order valence-electron chi connectivity index (χ1n) is 6.47. The van der Waals surface area contributed by atoms with Crippen LogP contribution in [0.25, 0.3) is 0 Å². The molecule has 0 saturated heterocycles. The van der Waals surface area contributed by atoms with E-state index in [0.29, 0.717) is 12.6 Å². The monoisotopic (exact) mass is 254 g/mol. The average Bonchev–Trinajstić information content (AvgIpc) is 2.74. The van der Waals surface area contributed by atoms with Crippen molar-refractivity contribution < 1.29 is 4.74 Å². The molecule has 0 spiro atoms. The maximum atomic E-state index is 5.13. The lowest BCUT2D eigenvalue weighted by Crippen LogP contribution is -2.24. The van der Waals surface area contributed by atoms with Crippen LogP contribution >= 0.6 is 0 Å². The Labute approximate surface area is 110 Å². The van der Waals surface area contributed by atoms with E-state index in [0.717, 1.165) is 18.9 Å². The number of imidazole rings is 1. The second-order valence-electron chi connectivity index (χ2n) is 5.10. The van der Waals surface area contributed by atoms with Crippen molar-refractivity contribution in [3.05, 3.63) is 12.4 Å². The third-order valence-electron chi connectivity index (χ3n) is 2.93. The molecule has 0 aromatic carbocycles. The first-order chi connectivity index (χ1) is 8.54. The fourth-order valence-electron chi connectivity index (χ4n) is 1.88. The van der Waals surface area contributed by atoms with Crippen molar-refractivity contribution >= 4 is 5.95 Å². The van der Waals surface area contributed by atoms with Gasteiger partial charge in [-0.25, -0.2) is 4.98 Å². The van der Waals surface area contributed by atoms with Crippen LogP contribution in [-0.4, -0.2) is 54.8 Å². The van der Waals surface area contributed by atoms with Gasteiger partial charge >= 0.3 is 0 Å². The van der Waals surface area contributed by atoms with E-state index in [1.54, 1.807) is 7.11 Å². The fraction of sp³-hybridized carbons (Fsp3) is 0.769. The molecule has 0 radical (unpaired) electrons. The van der Waals surface area contributed by atoms with E-state index in [-0.39, 0.29) is 6.04 Å². The smallest absolute Gasteiger partial charge is 0.203 e. The van der Waals surface area contributed by atoms with Crippen LogP contribution < -0.4 is 5.32 Å². The molecule has 1 rings (SSSR count). The Hall–Kier alpha value is -1.07. The predicted octanol–water partition coefficient (Wildman–Crippen LogP) is 1.84. The van der Waals surface area contributed by atoms with Crippen molar-refractivity contribution in [3.63, 3.8) is 0 Å². The zero-order valence-corrected chi connectivity index (χ0v) is 12.2. The first-order valence-corrected chi connectivity index (χ1v) is 6.47. The van der Waals surface area contributed by atoms with E-state index in [2.05, 4.69) is 47.7 Å². The largest absolute Gasteiger partial charge is 0.383 e. The Bertz CT molecular complexity index is 337. The van der Waals surface area contributed by atoms with Crippen LogP contribution in [0.1, 0.15) is 26.3 Å². The molecule has 2 unspecified atom stereocenters. The van der Waals surface area contributed by atoms with Crippen LogP contribution in [0, 0.1) is 0 Å². The minimum absolute atomic E-state index is 0.261. The maximum Gasteiger partial charge on any atom is 0.203 e. The number of rotatable bonds is 8. The minimum atomic E-state index is 0.261. The lowest BCUT2D eigenvalue weighted by Gasteiger charge is -2.21. The van der Waals surface area contributed by atoms with Gasteiger partial charge in [-0.05, 0) is 40.9 Å². The number of anilines is 1. The van der Waals surface area contributed by atoms with E-state index in [4.69, 9.17) is 4.74 Å². The molecule has 0 aliphatic heterocycles. The molecule has 1 heterocycles. The highest BCUT2D eigenvalue weighted by molar-refractivity contribution is 5.28. The van der Waals surface area contributed by atoms with Crippen molar-refractivity contribution in [2.24, 2.45) is 0 Å². The van der Waals surface area contributed by atoms with Gasteiger partial charge in [0.05, 0.1) is 6.61 Å². The average molecular weight is 254 g/mol. The maximum absolute atomic E-state index is 5.13. The van der Waals surface area contributed by atoms with Gasteiger partial charge in [0.15, 0.2) is 0 Å². The number of ether oxygens (including phenoxy) is 1. The number of hydrogen-bond donors (Lipinski definition) is 1. The molecule has 0 bridgehead atoms. The van der Waals surface area contributed by atoms with E-state index >= 15 is 0 Å². The second kappa shape index (κ2) is 7.38. The molecule has 5 heteroatoms. The molecule has 0 aliphatic rings. The molecule has 0 fully saturated rings. The van der Waals surface area contributed by atoms with Crippen molar-refractivity contribution in [1.82, 2.24) is 14.5 Å². The van der Waals surface area contributed by atoms with Crippen molar-refractivity contribution in [2.75, 3.05) is 39.7 Å². The summed E-state index contributed by atoms with van der Waals surface area (Å²) < 4.78 is 7.32. The third-order valence-corrected chi connectivity index (χ3v) is 2.93. The molecule has 104 valence electrons. The SMILES string of the molecule is COCC(C)Nc1nccn1C(C)CCN(C)C. The molecule has 0 saturated carbocycles. The summed E-state index contributed by atoms with van der Waals surface area (Å²) in [6.45, 7) is 6.07. The molecular formula is C13H26N4O. The van der Waals surface area contributed by atoms with E-state index < -0.39 is 0 Å². The summed E-state index contributed by atoms with van der Waals surface area (Å²) in [5.41, 5.74) is 0. The normalized spacial score (nSPS) is 14.8. The summed E-state index contributed by atoms with van der Waals surface area (Å²) in [5.74, 6) is 0.922. The fourth-order valence-corrected chi connectivity index (χ4v) is 1.88. The molecular weight excluding hydrogens is 228 g/mol. The summed E-state index contributed by atoms with van der Waals surface area (Å²) in [5, 5.41) is 3.37. The molecule has 5 nitrogen and oxygen atoms in total. The zero-order chi connectivity index (χ0) is 13.5. The number of nitrogens with zero attached hydrogens (tertiary/aromatic N) is 3. The van der Waals surface area contributed by atoms with Gasteiger partial charge in [0, 0.05) is 31.6 Å². The zero-order valence-electron chi connectivity index (χ0n) is 12.2. The van der Waals surface area contributed by atoms with Gasteiger partial charge in [0.1, 0.15) is 0 Å². The van der Waals surface area contributed by atoms with Gasteiger partial charge < -0.3 is 19.5 Å². The van der Waals surface area contributed by atoms with Crippen molar-refractivity contribution in [3.8, 4) is 0 Å². The Kier molecular flexibility index (Phi) is 6.15. The molecule has 1 aromatic heterocycles. The summed E-state index contributed by atoms with van der Waals surface area (Å²) >= 11 is 0. The van der Waals surface area contributed by atoms with Gasteiger partial charge in [-0.1, -0.05) is 0 Å². The van der Waals surface area contributed by atoms with Crippen LogP contribution in [0.4, 0.5) is 5.95 Å². The van der Waals surface area contributed by atoms with E-state index in [1.807, 2.05) is 12.4 Å². The number of aromatic nitrogens is 2. The summed E-state index contributed by atoms with van der Waals surface area (Å²) in [6, 6.07) is 0.698. The second-order valence-corrected chi connectivity index (χ2v) is 5.10. The summed E-state index contributed by atoms with van der Waals surface area (Å²) in [4.78, 5) is 6.57. The summed E-state index contributed by atoms with van der Waals surface area (Å²) in [7, 11) is 5.91. The molecule has 18 heavy (non-hydrogen) atoms. The summed E-state index contributed by atoms with van der Waals surface area (Å²) in [6.07, 6.45) is 4.98. The van der Waals surface area contributed by atoms with Gasteiger partial charge in [0.25, 0.3) is 0 Å². The van der Waals surface area contributed by atoms with E-state index in [9.17, 15) is 0 Å². The standard InChI is InChI=1S/C13H26N4O/c1-11(10-18-5)15-13-14-7-9-17(13)12(2)6-8-16(3)4/h7,9,11-12H,6,8,10H2,1-5H3,(H,14,15). The van der Waals surface area contributed by atoms with Crippen LogP contribution in [0.15, 0.2) is 12.4 Å². The number of hydrogen-bond acceptors (Lipinski definition) is 4. The Balaban J connectivity index is 2.58. The van der Waals surface area contributed by atoms with Crippen molar-refractivity contribution in [1.29, 1.82) is 0 Å². The third kappa shape index (κ3) is 4.66. The van der Waals surface area contributed by atoms with Gasteiger partial charge in [-0.3, -0.25) is 0 Å². The lowest BCUT2D eigenvalue weighted by molar-refractivity contribution is 0.190. The van der Waals surface area contributed by atoms with Crippen LogP contribution in [0.5, 0.6) is 0 Å². The quantitative estimate of drug-likeness (QED) is 0.768. The molecule has 2 atom stereocenters. The highest BCUT2D eigenvalue weighted by Crippen LogP contribution is 2.17. The highest BCUT2D eigenvalue weighted by atomic mass is 16.5. The van der Waals surface area contributed by atoms with Gasteiger partial charge in [0.2, 0.25) is 5.95 Å². The molecule has 1 N–H and O–H groups in total. The Morgan fingerprint density at radius 2 is 2.17 bits per heavy atom. The van der Waals surface area contributed by atoms with Crippen LogP contribution in [0.3, 0.4) is 0 Å². The first kappa shape index (κ1) is 15.0. The van der Waals surface area contributed by atoms with Crippen LogP contribution in [-0.2, 0) is 4.74 Å². The highest BCUT2D eigenvalue weighted by Gasteiger charge is 2.12. The number of methoxy groups -OCH3 is 1. The van der Waals surface area contributed by atoms with E-state index in [1.165, 1.54) is 0 Å². The Morgan fingerprint density at radius 1 is 1.44 bits per heavy atom. The topological polar surface area (TPSA) is 42.3 Å². The van der Waals surface area contributed by atoms with Gasteiger partial charge in [-0.2, -0.15) is 0 Å². The molecule has 0 amide bonds.